The predicted molar refractivity (Wildman–Crippen MR) is 77.3 cm³/mol. The minimum absolute atomic E-state index is 0.123. The van der Waals surface area contributed by atoms with Crippen LogP contribution in [0.25, 0.3) is 0 Å². The third-order valence-electron chi connectivity index (χ3n) is 3.03. The summed E-state index contributed by atoms with van der Waals surface area (Å²) in [7, 11) is -2.94. The largest absolute Gasteiger partial charge is 0.299 e. The first-order valence-corrected chi connectivity index (χ1v) is 8.28. The van der Waals surface area contributed by atoms with Crippen LogP contribution in [0.3, 0.4) is 0 Å². The average molecular weight is 258 g/mol. The Kier molecular flexibility index (Phi) is 4.19. The van der Waals surface area contributed by atoms with Crippen molar-refractivity contribution in [1.82, 2.24) is 0 Å². The van der Waals surface area contributed by atoms with Crippen LogP contribution in [0.1, 0.15) is 13.8 Å². The lowest BCUT2D eigenvalue weighted by Crippen LogP contribution is -2.60. The minimum Gasteiger partial charge on any atom is -0.299 e. The van der Waals surface area contributed by atoms with Crippen molar-refractivity contribution in [2.24, 2.45) is 0 Å². The van der Waals surface area contributed by atoms with Crippen molar-refractivity contribution in [2.45, 2.75) is 20.4 Å². The summed E-state index contributed by atoms with van der Waals surface area (Å²) >= 11 is 0. The molecule has 1 aromatic carbocycles. The molecule has 0 aliphatic heterocycles. The summed E-state index contributed by atoms with van der Waals surface area (Å²) in [5.74, 6) is 0. The molecule has 1 rings (SSSR count). The normalized spacial score (nSPS) is 10.8. The maximum Gasteiger partial charge on any atom is 0.246 e. The molecule has 0 amide bonds. The molecule has 0 saturated heterocycles. The quantitative estimate of drug-likeness (QED) is 0.600. The van der Waals surface area contributed by atoms with Crippen LogP contribution in [-0.2, 0) is 9.59 Å². The summed E-state index contributed by atoms with van der Waals surface area (Å²) in [6.45, 7) is 12.5. The van der Waals surface area contributed by atoms with Gasteiger partial charge in [-0.15, -0.1) is 0 Å². The number of hydrogen-bond donors (Lipinski definition) is 0. The summed E-state index contributed by atoms with van der Waals surface area (Å²) in [6.07, 6.45) is 0. The Balaban J connectivity index is 3.45. The van der Waals surface area contributed by atoms with Gasteiger partial charge < -0.3 is 0 Å². The Bertz CT molecular complexity index is 489. The van der Waals surface area contributed by atoms with Crippen LogP contribution in [0.5, 0.6) is 0 Å². The summed E-state index contributed by atoms with van der Waals surface area (Å²) < 4.78 is 0. The Morgan fingerprint density at radius 1 is 0.944 bits per heavy atom. The van der Waals surface area contributed by atoms with Gasteiger partial charge in [-0.3, -0.25) is 9.59 Å². The molecule has 3 heteroatoms. The van der Waals surface area contributed by atoms with Crippen LogP contribution >= 0.6 is 0 Å². The number of carbonyl (C=O) groups is 2. The molecule has 0 spiro atoms. The van der Waals surface area contributed by atoms with Crippen molar-refractivity contribution in [2.75, 3.05) is 0 Å². The van der Waals surface area contributed by atoms with Crippen molar-refractivity contribution < 1.29 is 9.59 Å². The molecule has 1 aromatic rings. The third kappa shape index (κ3) is 2.41. The number of benzene rings is 1. The molecule has 0 aliphatic carbocycles. The molecule has 0 saturated carbocycles. The molecule has 0 radical (unpaired) electrons. The lowest BCUT2D eigenvalue weighted by atomic mass is 10.4. The maximum atomic E-state index is 12.4. The topological polar surface area (TPSA) is 34.1 Å². The first-order valence-electron chi connectivity index (χ1n) is 5.78. The molecule has 0 aromatic heterocycles. The van der Waals surface area contributed by atoms with E-state index in [-0.39, 0.29) is 10.8 Å². The second-order valence-corrected chi connectivity index (χ2v) is 8.45. The van der Waals surface area contributed by atoms with Gasteiger partial charge >= 0.3 is 0 Å². The molecule has 0 N–H and O–H groups in total. The van der Waals surface area contributed by atoms with Crippen LogP contribution in [0.15, 0.2) is 54.6 Å². The molecule has 0 fully saturated rings. The Morgan fingerprint density at radius 3 is 1.67 bits per heavy atom. The Morgan fingerprint density at radius 2 is 1.33 bits per heavy atom. The van der Waals surface area contributed by atoms with Crippen molar-refractivity contribution in [3.8, 4) is 0 Å². The molecular formula is C15H18O2Si. The Hall–Kier alpha value is -1.74. The zero-order chi connectivity index (χ0) is 13.9. The van der Waals surface area contributed by atoms with E-state index in [1.807, 2.05) is 30.3 Å². The highest BCUT2D eigenvalue weighted by Gasteiger charge is 2.45. The van der Waals surface area contributed by atoms with Gasteiger partial charge in [0.15, 0.2) is 0 Å². The number of hydrogen-bond acceptors (Lipinski definition) is 2. The van der Waals surface area contributed by atoms with Gasteiger partial charge in [0.1, 0.15) is 10.8 Å². The van der Waals surface area contributed by atoms with E-state index in [1.165, 1.54) is 0 Å². The van der Waals surface area contributed by atoms with Gasteiger partial charge in [-0.2, -0.15) is 0 Å². The standard InChI is InChI=1S/C15H18O2Si/c1-11(2)14(16)18(5,15(17)12(3)4)13-9-7-6-8-10-13/h6-10H,1,3H2,2,4-5H3. The summed E-state index contributed by atoms with van der Waals surface area (Å²) in [6, 6.07) is 9.24. The van der Waals surface area contributed by atoms with Gasteiger partial charge in [-0.1, -0.05) is 50.0 Å². The zero-order valence-electron chi connectivity index (χ0n) is 11.1. The lowest BCUT2D eigenvalue weighted by molar-refractivity contribution is -0.112. The van der Waals surface area contributed by atoms with Gasteiger partial charge in [-0.05, 0) is 30.2 Å². The van der Waals surface area contributed by atoms with Crippen molar-refractivity contribution >= 4 is 24.1 Å². The van der Waals surface area contributed by atoms with E-state index in [4.69, 9.17) is 0 Å². The number of carbonyl (C=O) groups excluding carboxylic acids is 2. The second kappa shape index (κ2) is 5.27. The fraction of sp³-hybridized carbons (Fsp3) is 0.200. The minimum atomic E-state index is -2.94. The summed E-state index contributed by atoms with van der Waals surface area (Å²) in [5.41, 5.74) is 0.866. The van der Waals surface area contributed by atoms with Gasteiger partial charge in [0, 0.05) is 0 Å². The van der Waals surface area contributed by atoms with E-state index in [1.54, 1.807) is 20.4 Å². The molecule has 2 nitrogen and oxygen atoms in total. The van der Waals surface area contributed by atoms with Crippen LogP contribution in [-0.4, -0.2) is 18.9 Å². The molecule has 0 atom stereocenters. The lowest BCUT2D eigenvalue weighted by Gasteiger charge is -2.24. The van der Waals surface area contributed by atoms with E-state index in [0.717, 1.165) is 5.19 Å². The van der Waals surface area contributed by atoms with E-state index in [2.05, 4.69) is 13.2 Å². The van der Waals surface area contributed by atoms with Gasteiger partial charge in [0.05, 0.1) is 0 Å². The average Bonchev–Trinajstić information content (AvgIpc) is 2.36. The highest BCUT2D eigenvalue weighted by atomic mass is 28.3. The number of rotatable bonds is 5. The fourth-order valence-corrected chi connectivity index (χ4v) is 5.29. The molecule has 0 unspecified atom stereocenters. The third-order valence-corrected chi connectivity index (χ3v) is 7.19. The van der Waals surface area contributed by atoms with Crippen molar-refractivity contribution in [1.29, 1.82) is 0 Å². The highest BCUT2D eigenvalue weighted by molar-refractivity contribution is 7.33. The molecule has 0 aliphatic rings. The van der Waals surface area contributed by atoms with Gasteiger partial charge in [0.2, 0.25) is 8.07 Å². The monoisotopic (exact) mass is 258 g/mol. The van der Waals surface area contributed by atoms with E-state index in [0.29, 0.717) is 11.1 Å². The van der Waals surface area contributed by atoms with Crippen LogP contribution in [0, 0.1) is 0 Å². The SMILES string of the molecule is C=C(C)C(=O)[Si](C)(C(=O)C(=C)C)c1ccccc1. The van der Waals surface area contributed by atoms with Gasteiger partial charge in [0.25, 0.3) is 0 Å². The summed E-state index contributed by atoms with van der Waals surface area (Å²) in [4.78, 5) is 24.8. The van der Waals surface area contributed by atoms with E-state index in [9.17, 15) is 9.59 Å². The smallest absolute Gasteiger partial charge is 0.246 e. The fourth-order valence-electron chi connectivity index (χ4n) is 1.99. The van der Waals surface area contributed by atoms with Crippen LogP contribution in [0.4, 0.5) is 0 Å². The maximum absolute atomic E-state index is 12.4. The predicted octanol–water partition coefficient (Wildman–Crippen LogP) is 2.34. The Labute approximate surface area is 109 Å². The number of allylic oxidation sites excluding steroid dienone is 2. The molecule has 0 heterocycles. The van der Waals surface area contributed by atoms with Crippen molar-refractivity contribution in [3.05, 3.63) is 54.6 Å². The highest BCUT2D eigenvalue weighted by Crippen LogP contribution is 2.15. The van der Waals surface area contributed by atoms with Crippen LogP contribution < -0.4 is 5.19 Å². The summed E-state index contributed by atoms with van der Waals surface area (Å²) in [5, 5.41) is 0.564. The van der Waals surface area contributed by atoms with E-state index < -0.39 is 8.07 Å². The first kappa shape index (κ1) is 14.3. The van der Waals surface area contributed by atoms with Gasteiger partial charge in [-0.25, -0.2) is 0 Å². The molecular weight excluding hydrogens is 240 g/mol. The molecule has 18 heavy (non-hydrogen) atoms. The molecule has 94 valence electrons. The zero-order valence-corrected chi connectivity index (χ0v) is 12.1. The van der Waals surface area contributed by atoms with Crippen LogP contribution in [0.2, 0.25) is 6.55 Å². The molecule has 0 bridgehead atoms. The van der Waals surface area contributed by atoms with Crippen molar-refractivity contribution in [3.63, 3.8) is 0 Å². The second-order valence-electron chi connectivity index (χ2n) is 4.71. The first-order chi connectivity index (χ1) is 8.31. The van der Waals surface area contributed by atoms with E-state index >= 15 is 0 Å².